The molecule has 1 aliphatic rings. The van der Waals surface area contributed by atoms with E-state index in [0.29, 0.717) is 10.6 Å². The Labute approximate surface area is 176 Å². The van der Waals surface area contributed by atoms with Gasteiger partial charge >= 0.3 is 0 Å². The number of ketones is 1. The second kappa shape index (κ2) is 7.73. The van der Waals surface area contributed by atoms with E-state index in [4.69, 9.17) is 27.6 Å². The maximum absolute atomic E-state index is 13.0. The van der Waals surface area contributed by atoms with E-state index >= 15 is 0 Å². The van der Waals surface area contributed by atoms with Gasteiger partial charge in [-0.15, -0.1) is 0 Å². The molecule has 0 fully saturated rings. The molecule has 1 N–H and O–H groups in total. The van der Waals surface area contributed by atoms with E-state index in [9.17, 15) is 14.7 Å². The van der Waals surface area contributed by atoms with Gasteiger partial charge in [-0.05, 0) is 47.5 Å². The summed E-state index contributed by atoms with van der Waals surface area (Å²) >= 11 is 12.2. The first-order valence-electron chi connectivity index (χ1n) is 8.63. The normalized spacial score (nSPS) is 16.6. The zero-order valence-electron chi connectivity index (χ0n) is 14.9. The van der Waals surface area contributed by atoms with Crippen molar-refractivity contribution in [2.75, 3.05) is 0 Å². The smallest absolute Gasteiger partial charge is 0.290 e. The summed E-state index contributed by atoms with van der Waals surface area (Å²) in [6.45, 7) is 0.158. The van der Waals surface area contributed by atoms with Crippen molar-refractivity contribution in [3.63, 3.8) is 0 Å². The molecule has 1 aliphatic heterocycles. The van der Waals surface area contributed by atoms with Crippen LogP contribution in [0, 0.1) is 0 Å². The van der Waals surface area contributed by atoms with Crippen LogP contribution in [-0.2, 0) is 11.3 Å². The number of furan rings is 1. The summed E-state index contributed by atoms with van der Waals surface area (Å²) in [5.41, 5.74) is 1.26. The molecule has 0 bridgehead atoms. The number of hydrogen-bond acceptors (Lipinski definition) is 5. The van der Waals surface area contributed by atoms with Gasteiger partial charge in [0.25, 0.3) is 5.91 Å². The second-order valence-corrected chi connectivity index (χ2v) is 7.25. The monoisotopic (exact) mass is 428 g/mol. The van der Waals surface area contributed by atoms with Gasteiger partial charge in [0.15, 0.2) is 11.5 Å². The molecule has 1 aromatic carbocycles. The first-order valence-corrected chi connectivity index (χ1v) is 9.39. The Morgan fingerprint density at radius 1 is 1.14 bits per heavy atom. The third-order valence-electron chi connectivity index (χ3n) is 4.65. The number of Topliss-reactive ketones (excluding diaryl/α,β-unsaturated/α-hetero) is 1. The van der Waals surface area contributed by atoms with E-state index in [1.165, 1.54) is 17.2 Å². The van der Waals surface area contributed by atoms with Gasteiger partial charge in [-0.1, -0.05) is 29.3 Å². The van der Waals surface area contributed by atoms with Crippen LogP contribution in [0.3, 0.4) is 0 Å². The van der Waals surface area contributed by atoms with Crippen molar-refractivity contribution in [3.05, 3.63) is 99.4 Å². The fraction of sp³-hybridized carbons (Fsp3) is 0.0952. The highest BCUT2D eigenvalue weighted by Crippen LogP contribution is 2.41. The molecule has 6 nitrogen and oxygen atoms in total. The van der Waals surface area contributed by atoms with Crippen molar-refractivity contribution in [1.82, 2.24) is 9.88 Å². The SMILES string of the molecule is O=C(C1=C(O)C(=O)N(Cc2ccncc2)C1c1ccc(Cl)c(Cl)c1)c1ccco1. The lowest BCUT2D eigenvalue weighted by Gasteiger charge is -2.27. The van der Waals surface area contributed by atoms with Crippen LogP contribution in [0.25, 0.3) is 0 Å². The number of rotatable bonds is 5. The lowest BCUT2D eigenvalue weighted by Crippen LogP contribution is -2.30. The maximum Gasteiger partial charge on any atom is 0.290 e. The molecule has 4 rings (SSSR count). The number of aliphatic hydroxyl groups excluding tert-OH is 1. The Balaban J connectivity index is 1.82. The number of halogens is 2. The number of carbonyl (C=O) groups is 2. The number of hydrogen-bond donors (Lipinski definition) is 1. The fourth-order valence-electron chi connectivity index (χ4n) is 3.30. The van der Waals surface area contributed by atoms with Gasteiger partial charge in [-0.25, -0.2) is 0 Å². The van der Waals surface area contributed by atoms with E-state index in [1.54, 1.807) is 48.8 Å². The minimum atomic E-state index is -0.858. The van der Waals surface area contributed by atoms with Gasteiger partial charge in [0.2, 0.25) is 5.78 Å². The van der Waals surface area contributed by atoms with E-state index in [-0.39, 0.29) is 22.9 Å². The Morgan fingerprint density at radius 2 is 1.90 bits per heavy atom. The van der Waals surface area contributed by atoms with Crippen LogP contribution in [0.2, 0.25) is 10.0 Å². The summed E-state index contributed by atoms with van der Waals surface area (Å²) in [5.74, 6) is -1.83. The molecule has 2 aromatic heterocycles. The van der Waals surface area contributed by atoms with Crippen molar-refractivity contribution < 1.29 is 19.1 Å². The van der Waals surface area contributed by atoms with Gasteiger partial charge in [0, 0.05) is 18.9 Å². The highest BCUT2D eigenvalue weighted by Gasteiger charge is 2.44. The highest BCUT2D eigenvalue weighted by atomic mass is 35.5. The minimum absolute atomic E-state index is 0.0233. The van der Waals surface area contributed by atoms with Gasteiger partial charge in [0.1, 0.15) is 0 Å². The molecule has 0 saturated heterocycles. The number of nitrogens with zero attached hydrogens (tertiary/aromatic N) is 2. The molecular formula is C21H14Cl2N2O4. The molecule has 0 radical (unpaired) electrons. The van der Waals surface area contributed by atoms with Crippen molar-refractivity contribution in [2.24, 2.45) is 0 Å². The third kappa shape index (κ3) is 3.52. The predicted molar refractivity (Wildman–Crippen MR) is 107 cm³/mol. The molecule has 0 saturated carbocycles. The van der Waals surface area contributed by atoms with E-state index in [2.05, 4.69) is 4.98 Å². The lowest BCUT2D eigenvalue weighted by molar-refractivity contribution is -0.130. The summed E-state index contributed by atoms with van der Waals surface area (Å²) < 4.78 is 5.19. The summed E-state index contributed by atoms with van der Waals surface area (Å²) in [7, 11) is 0. The average molecular weight is 429 g/mol. The number of benzene rings is 1. The second-order valence-electron chi connectivity index (χ2n) is 6.43. The maximum atomic E-state index is 13.0. The zero-order valence-corrected chi connectivity index (χ0v) is 16.4. The van der Waals surface area contributed by atoms with Gasteiger partial charge in [0.05, 0.1) is 27.9 Å². The molecule has 1 unspecified atom stereocenters. The number of aromatic nitrogens is 1. The Morgan fingerprint density at radius 3 is 2.55 bits per heavy atom. The van der Waals surface area contributed by atoms with Crippen molar-refractivity contribution in [1.29, 1.82) is 0 Å². The lowest BCUT2D eigenvalue weighted by atomic mass is 9.95. The number of carbonyl (C=O) groups excluding carboxylic acids is 2. The molecule has 0 aliphatic carbocycles. The largest absolute Gasteiger partial charge is 0.503 e. The summed E-state index contributed by atoms with van der Waals surface area (Å²) in [6.07, 6.45) is 4.56. The molecule has 3 heterocycles. The molecule has 3 aromatic rings. The molecule has 29 heavy (non-hydrogen) atoms. The van der Waals surface area contributed by atoms with Gasteiger partial charge < -0.3 is 14.4 Å². The van der Waals surface area contributed by atoms with Crippen molar-refractivity contribution in [2.45, 2.75) is 12.6 Å². The number of aliphatic hydroxyl groups is 1. The fourth-order valence-corrected chi connectivity index (χ4v) is 3.61. The molecule has 1 atom stereocenters. The third-order valence-corrected chi connectivity index (χ3v) is 5.39. The minimum Gasteiger partial charge on any atom is -0.503 e. The zero-order chi connectivity index (χ0) is 20.5. The predicted octanol–water partition coefficient (Wildman–Crippen LogP) is 4.76. The first kappa shape index (κ1) is 19.2. The molecular weight excluding hydrogens is 415 g/mol. The summed E-state index contributed by atoms with van der Waals surface area (Å²) in [5, 5.41) is 11.2. The molecule has 0 spiro atoms. The quantitative estimate of drug-likeness (QED) is 0.592. The van der Waals surface area contributed by atoms with Crippen LogP contribution < -0.4 is 0 Å². The first-order chi connectivity index (χ1) is 14.0. The van der Waals surface area contributed by atoms with E-state index < -0.39 is 23.5 Å². The van der Waals surface area contributed by atoms with Crippen molar-refractivity contribution in [3.8, 4) is 0 Å². The standard InChI is InChI=1S/C21H14Cl2N2O4/c22-14-4-3-13(10-15(14)23)18-17(19(26)16-2-1-9-29-16)20(27)21(28)25(18)11-12-5-7-24-8-6-12/h1-10,18,27H,11H2. The Bertz CT molecular complexity index is 1110. The van der Waals surface area contributed by atoms with E-state index in [1.807, 2.05) is 0 Å². The molecule has 1 amide bonds. The highest BCUT2D eigenvalue weighted by molar-refractivity contribution is 6.42. The van der Waals surface area contributed by atoms with Crippen LogP contribution >= 0.6 is 23.2 Å². The molecule has 8 heteroatoms. The summed E-state index contributed by atoms with van der Waals surface area (Å²) in [6, 6.07) is 10.5. The summed E-state index contributed by atoms with van der Waals surface area (Å²) in [4.78, 5) is 31.3. The van der Waals surface area contributed by atoms with E-state index in [0.717, 1.165) is 5.56 Å². The number of pyridine rings is 1. The van der Waals surface area contributed by atoms with Gasteiger partial charge in [-0.3, -0.25) is 14.6 Å². The number of amides is 1. The van der Waals surface area contributed by atoms with Crippen molar-refractivity contribution >= 4 is 34.9 Å². The average Bonchev–Trinajstić information content (AvgIpc) is 3.34. The molecule has 146 valence electrons. The Kier molecular flexibility index (Phi) is 5.13. The van der Waals surface area contributed by atoms with Gasteiger partial charge in [-0.2, -0.15) is 0 Å². The Hall–Kier alpha value is -3.09. The van der Waals surface area contributed by atoms with Crippen LogP contribution in [0.4, 0.5) is 0 Å². The van der Waals surface area contributed by atoms with Crippen LogP contribution in [0.5, 0.6) is 0 Å². The van der Waals surface area contributed by atoms with Crippen LogP contribution in [0.15, 0.2) is 76.9 Å². The topological polar surface area (TPSA) is 83.6 Å². The van der Waals surface area contributed by atoms with Crippen LogP contribution in [-0.4, -0.2) is 26.7 Å². The van der Waals surface area contributed by atoms with Crippen LogP contribution in [0.1, 0.15) is 27.7 Å².